The van der Waals surface area contributed by atoms with Crippen LogP contribution in [0, 0.1) is 17.0 Å². The Balaban J connectivity index is 1.96. The fourth-order valence-electron chi connectivity index (χ4n) is 1.87. The number of aromatic hydroxyl groups is 1. The van der Waals surface area contributed by atoms with E-state index in [1.54, 1.807) is 18.2 Å². The molecule has 0 radical (unpaired) electrons. The molecular formula is C16H13BrClN3O5. The minimum absolute atomic E-state index is 0.0700. The molecule has 136 valence electrons. The summed E-state index contributed by atoms with van der Waals surface area (Å²) in [7, 11) is 0. The summed E-state index contributed by atoms with van der Waals surface area (Å²) in [4.78, 5) is 21.9. The minimum Gasteiger partial charge on any atom is -0.506 e. The van der Waals surface area contributed by atoms with Crippen molar-refractivity contribution in [3.8, 4) is 11.5 Å². The Bertz CT molecular complexity index is 888. The maximum atomic E-state index is 11.7. The molecule has 0 aliphatic carbocycles. The SMILES string of the molecule is Cc1cc(OCC(=O)NN=Cc2cc([N+](=O)[O-])cc(Br)c2O)ccc1Cl. The van der Waals surface area contributed by atoms with Gasteiger partial charge in [-0.2, -0.15) is 5.10 Å². The number of nitrogens with one attached hydrogen (secondary N) is 1. The van der Waals surface area contributed by atoms with Gasteiger partial charge >= 0.3 is 0 Å². The number of non-ortho nitro benzene ring substituents is 1. The summed E-state index contributed by atoms with van der Waals surface area (Å²) < 4.78 is 5.45. The van der Waals surface area contributed by atoms with Gasteiger partial charge in [-0.05, 0) is 46.6 Å². The van der Waals surface area contributed by atoms with E-state index in [1.807, 2.05) is 6.92 Å². The van der Waals surface area contributed by atoms with Gasteiger partial charge in [0.15, 0.2) is 6.61 Å². The van der Waals surface area contributed by atoms with E-state index in [-0.39, 0.29) is 28.1 Å². The topological polar surface area (TPSA) is 114 Å². The zero-order valence-electron chi connectivity index (χ0n) is 13.4. The van der Waals surface area contributed by atoms with Crippen molar-refractivity contribution in [3.05, 3.63) is 61.1 Å². The first-order valence-corrected chi connectivity index (χ1v) is 8.32. The average molecular weight is 443 g/mol. The van der Waals surface area contributed by atoms with Crippen molar-refractivity contribution in [2.24, 2.45) is 5.10 Å². The maximum absolute atomic E-state index is 11.7. The number of ether oxygens (including phenoxy) is 1. The van der Waals surface area contributed by atoms with E-state index >= 15 is 0 Å². The first-order chi connectivity index (χ1) is 12.3. The highest BCUT2D eigenvalue weighted by atomic mass is 79.9. The Morgan fingerprint density at radius 2 is 2.19 bits per heavy atom. The van der Waals surface area contributed by atoms with Gasteiger partial charge in [-0.25, -0.2) is 5.43 Å². The number of nitrogens with zero attached hydrogens (tertiary/aromatic N) is 2. The lowest BCUT2D eigenvalue weighted by atomic mass is 10.2. The van der Waals surface area contributed by atoms with Gasteiger partial charge in [0, 0.05) is 22.7 Å². The maximum Gasteiger partial charge on any atom is 0.277 e. The molecule has 8 nitrogen and oxygen atoms in total. The molecular weight excluding hydrogens is 430 g/mol. The number of hydrogen-bond donors (Lipinski definition) is 2. The summed E-state index contributed by atoms with van der Waals surface area (Å²) in [5.74, 6) is -0.300. The van der Waals surface area contributed by atoms with Crippen LogP contribution in [-0.4, -0.2) is 28.8 Å². The van der Waals surface area contributed by atoms with Crippen LogP contribution in [0.25, 0.3) is 0 Å². The monoisotopic (exact) mass is 441 g/mol. The van der Waals surface area contributed by atoms with Crippen LogP contribution in [0.5, 0.6) is 11.5 Å². The number of carbonyl (C=O) groups excluding carboxylic acids is 1. The van der Waals surface area contributed by atoms with Crippen LogP contribution in [0.15, 0.2) is 39.9 Å². The summed E-state index contributed by atoms with van der Waals surface area (Å²) in [6.45, 7) is 1.52. The van der Waals surface area contributed by atoms with E-state index in [2.05, 4.69) is 26.5 Å². The Morgan fingerprint density at radius 3 is 2.85 bits per heavy atom. The number of phenols is 1. The normalized spacial score (nSPS) is 10.7. The number of halogens is 2. The van der Waals surface area contributed by atoms with E-state index in [0.717, 1.165) is 23.9 Å². The Kier molecular flexibility index (Phi) is 6.53. The summed E-state index contributed by atoms with van der Waals surface area (Å²) in [5, 5.41) is 24.9. The van der Waals surface area contributed by atoms with Crippen LogP contribution >= 0.6 is 27.5 Å². The zero-order chi connectivity index (χ0) is 19.3. The van der Waals surface area contributed by atoms with Gasteiger partial charge in [-0.3, -0.25) is 14.9 Å². The lowest BCUT2D eigenvalue weighted by Crippen LogP contribution is -2.24. The fraction of sp³-hybridized carbons (Fsp3) is 0.125. The Morgan fingerprint density at radius 1 is 1.46 bits per heavy atom. The van der Waals surface area contributed by atoms with Crippen molar-refractivity contribution in [2.45, 2.75) is 6.92 Å². The number of aryl methyl sites for hydroxylation is 1. The second kappa shape index (κ2) is 8.63. The van der Waals surface area contributed by atoms with E-state index in [4.69, 9.17) is 16.3 Å². The number of phenolic OH excluding ortho intramolecular Hbond substituents is 1. The number of rotatable bonds is 6. The molecule has 0 bridgehead atoms. The van der Waals surface area contributed by atoms with Crippen molar-refractivity contribution in [1.29, 1.82) is 0 Å². The summed E-state index contributed by atoms with van der Waals surface area (Å²) in [6.07, 6.45) is 1.09. The molecule has 1 amide bonds. The number of amides is 1. The van der Waals surface area contributed by atoms with E-state index in [1.165, 1.54) is 0 Å². The highest BCUT2D eigenvalue weighted by Crippen LogP contribution is 2.31. The van der Waals surface area contributed by atoms with Crippen molar-refractivity contribution >= 4 is 45.3 Å². The molecule has 0 aliphatic rings. The second-order valence-electron chi connectivity index (χ2n) is 5.12. The first kappa shape index (κ1) is 19.7. The van der Waals surface area contributed by atoms with Crippen LogP contribution in [0.4, 0.5) is 5.69 Å². The standard InChI is InChI=1S/C16H13BrClN3O5/c1-9-4-12(2-3-14(9)18)26-8-15(22)20-19-7-10-5-11(21(24)25)6-13(17)16(10)23/h2-7,23H,8H2,1H3,(H,20,22). The predicted molar refractivity (Wildman–Crippen MR) is 99.9 cm³/mol. The molecule has 2 N–H and O–H groups in total. The first-order valence-electron chi connectivity index (χ1n) is 7.15. The molecule has 0 fully saturated rings. The van der Waals surface area contributed by atoms with Gasteiger partial charge in [-0.15, -0.1) is 0 Å². The van der Waals surface area contributed by atoms with Crippen molar-refractivity contribution in [1.82, 2.24) is 5.43 Å². The lowest BCUT2D eigenvalue weighted by molar-refractivity contribution is -0.385. The number of nitro groups is 1. The number of benzene rings is 2. The van der Waals surface area contributed by atoms with Gasteiger partial charge in [-0.1, -0.05) is 11.6 Å². The van der Waals surface area contributed by atoms with Crippen molar-refractivity contribution in [3.63, 3.8) is 0 Å². The average Bonchev–Trinajstić information content (AvgIpc) is 2.59. The molecule has 26 heavy (non-hydrogen) atoms. The minimum atomic E-state index is -0.609. The molecule has 0 unspecified atom stereocenters. The lowest BCUT2D eigenvalue weighted by Gasteiger charge is -2.06. The molecule has 10 heteroatoms. The highest BCUT2D eigenvalue weighted by Gasteiger charge is 2.13. The van der Waals surface area contributed by atoms with Crippen LogP contribution in [-0.2, 0) is 4.79 Å². The van der Waals surface area contributed by atoms with Crippen LogP contribution in [0.3, 0.4) is 0 Å². The number of hydrogen-bond acceptors (Lipinski definition) is 6. The van der Waals surface area contributed by atoms with E-state index in [9.17, 15) is 20.0 Å². The van der Waals surface area contributed by atoms with Crippen LogP contribution in [0.1, 0.15) is 11.1 Å². The predicted octanol–water partition coefficient (Wildman–Crippen LogP) is 3.55. The molecule has 2 aromatic carbocycles. The highest BCUT2D eigenvalue weighted by molar-refractivity contribution is 9.10. The summed E-state index contributed by atoms with van der Waals surface area (Å²) in [6, 6.07) is 7.27. The third kappa shape index (κ3) is 5.17. The quantitative estimate of drug-likeness (QED) is 0.403. The molecule has 2 aromatic rings. The molecule has 0 atom stereocenters. The van der Waals surface area contributed by atoms with E-state index in [0.29, 0.717) is 10.8 Å². The van der Waals surface area contributed by atoms with E-state index < -0.39 is 10.8 Å². The van der Waals surface area contributed by atoms with Crippen LogP contribution < -0.4 is 10.2 Å². The summed E-state index contributed by atoms with van der Waals surface area (Å²) >= 11 is 8.92. The molecule has 2 rings (SSSR count). The summed E-state index contributed by atoms with van der Waals surface area (Å²) in [5.41, 5.74) is 2.86. The smallest absolute Gasteiger partial charge is 0.277 e. The number of nitro benzene ring substituents is 1. The molecule has 0 saturated carbocycles. The fourth-order valence-corrected chi connectivity index (χ4v) is 2.45. The molecule has 0 aromatic heterocycles. The largest absolute Gasteiger partial charge is 0.506 e. The molecule has 0 saturated heterocycles. The van der Waals surface area contributed by atoms with Crippen molar-refractivity contribution in [2.75, 3.05) is 6.61 Å². The Labute approximate surface area is 161 Å². The van der Waals surface area contributed by atoms with Gasteiger partial charge in [0.25, 0.3) is 11.6 Å². The second-order valence-corrected chi connectivity index (χ2v) is 6.38. The molecule has 0 spiro atoms. The number of carbonyl (C=O) groups is 1. The van der Waals surface area contributed by atoms with Crippen molar-refractivity contribution < 1.29 is 19.6 Å². The van der Waals surface area contributed by atoms with Gasteiger partial charge in [0.2, 0.25) is 0 Å². The Hall–Kier alpha value is -2.65. The zero-order valence-corrected chi connectivity index (χ0v) is 15.7. The molecule has 0 heterocycles. The van der Waals surface area contributed by atoms with Gasteiger partial charge < -0.3 is 9.84 Å². The molecule has 0 aliphatic heterocycles. The van der Waals surface area contributed by atoms with Gasteiger partial charge in [0.05, 0.1) is 15.6 Å². The third-order valence-corrected chi connectivity index (χ3v) is 4.21. The van der Waals surface area contributed by atoms with Gasteiger partial charge in [0.1, 0.15) is 11.5 Å². The number of hydrazone groups is 1. The van der Waals surface area contributed by atoms with Crippen LogP contribution in [0.2, 0.25) is 5.02 Å². The third-order valence-electron chi connectivity index (χ3n) is 3.18.